The topological polar surface area (TPSA) is 75.7 Å². The summed E-state index contributed by atoms with van der Waals surface area (Å²) in [5.74, 6) is 0.590. The van der Waals surface area contributed by atoms with Gasteiger partial charge in [-0.1, -0.05) is 50.2 Å². The average Bonchev–Trinajstić information content (AvgIpc) is 2.73. The third-order valence-corrected chi connectivity index (χ3v) is 5.88. The number of ether oxygens (including phenoxy) is 1. The van der Waals surface area contributed by atoms with Crippen molar-refractivity contribution in [3.63, 3.8) is 0 Å². The van der Waals surface area contributed by atoms with Gasteiger partial charge in [0.25, 0.3) is 0 Å². The van der Waals surface area contributed by atoms with Crippen LogP contribution < -0.4 is 14.4 Å². The summed E-state index contributed by atoms with van der Waals surface area (Å²) in [4.78, 5) is 12.8. The summed E-state index contributed by atoms with van der Waals surface area (Å²) < 4.78 is 31.8. The van der Waals surface area contributed by atoms with Crippen LogP contribution in [0.2, 0.25) is 0 Å². The van der Waals surface area contributed by atoms with E-state index in [-0.39, 0.29) is 5.91 Å². The normalized spacial score (nSPS) is 12.2. The molecular formula is C23H32N2O4S. The number of benzene rings is 2. The quantitative estimate of drug-likeness (QED) is 0.518. The molecule has 0 spiro atoms. The van der Waals surface area contributed by atoms with Crippen LogP contribution in [0.15, 0.2) is 54.6 Å². The van der Waals surface area contributed by atoms with Gasteiger partial charge in [-0.15, -0.1) is 0 Å². The zero-order valence-corrected chi connectivity index (χ0v) is 18.8. The van der Waals surface area contributed by atoms with Crippen molar-refractivity contribution in [3.05, 3.63) is 60.2 Å². The molecule has 0 aromatic heterocycles. The second-order valence-electron chi connectivity index (χ2n) is 7.17. The van der Waals surface area contributed by atoms with Crippen molar-refractivity contribution >= 4 is 21.6 Å². The largest absolute Gasteiger partial charge is 0.493 e. The molecule has 2 rings (SSSR count). The maximum atomic E-state index is 12.8. The number of amides is 1. The maximum Gasteiger partial charge on any atom is 0.243 e. The second-order valence-corrected chi connectivity index (χ2v) is 9.03. The van der Waals surface area contributed by atoms with Crippen molar-refractivity contribution in [2.24, 2.45) is 0 Å². The van der Waals surface area contributed by atoms with Crippen LogP contribution in [0.3, 0.4) is 0 Å². The molecule has 0 saturated heterocycles. The van der Waals surface area contributed by atoms with Crippen molar-refractivity contribution in [1.82, 2.24) is 5.32 Å². The lowest BCUT2D eigenvalue weighted by molar-refractivity contribution is -0.122. The van der Waals surface area contributed by atoms with E-state index in [0.29, 0.717) is 25.3 Å². The van der Waals surface area contributed by atoms with Gasteiger partial charge in [0.05, 0.1) is 18.6 Å². The van der Waals surface area contributed by atoms with Gasteiger partial charge in [0.2, 0.25) is 15.9 Å². The van der Waals surface area contributed by atoms with Crippen LogP contribution in [0.25, 0.3) is 0 Å². The van der Waals surface area contributed by atoms with Crippen LogP contribution in [0.1, 0.15) is 38.7 Å². The summed E-state index contributed by atoms with van der Waals surface area (Å²) in [6.07, 6.45) is 3.95. The number of para-hydroxylation sites is 2. The number of carbonyl (C=O) groups is 1. The number of nitrogens with one attached hydrogen (secondary N) is 1. The lowest BCUT2D eigenvalue weighted by atomic mass is 10.1. The third-order valence-electron chi connectivity index (χ3n) is 4.70. The van der Waals surface area contributed by atoms with Crippen LogP contribution >= 0.6 is 0 Å². The molecule has 6 nitrogen and oxygen atoms in total. The van der Waals surface area contributed by atoms with Crippen LogP contribution in [-0.2, 0) is 21.2 Å². The fourth-order valence-electron chi connectivity index (χ4n) is 3.31. The summed E-state index contributed by atoms with van der Waals surface area (Å²) in [7, 11) is -3.61. The number of rotatable bonds is 12. The fourth-order valence-corrected chi connectivity index (χ4v) is 4.52. The Morgan fingerprint density at radius 2 is 1.73 bits per heavy atom. The van der Waals surface area contributed by atoms with Crippen LogP contribution in [0, 0.1) is 0 Å². The van der Waals surface area contributed by atoms with E-state index < -0.39 is 16.1 Å². The predicted octanol–water partition coefficient (Wildman–Crippen LogP) is 3.77. The Balaban J connectivity index is 1.99. The molecule has 0 fully saturated rings. The first-order chi connectivity index (χ1) is 14.4. The summed E-state index contributed by atoms with van der Waals surface area (Å²) >= 11 is 0. The van der Waals surface area contributed by atoms with Gasteiger partial charge in [0.1, 0.15) is 11.8 Å². The zero-order valence-electron chi connectivity index (χ0n) is 18.0. The molecule has 2 aromatic rings. The second kappa shape index (κ2) is 11.6. The Hall–Kier alpha value is -2.54. The lowest BCUT2D eigenvalue weighted by Crippen LogP contribution is -2.49. The van der Waals surface area contributed by atoms with Gasteiger partial charge in [-0.3, -0.25) is 9.10 Å². The number of anilines is 1. The van der Waals surface area contributed by atoms with E-state index >= 15 is 0 Å². The van der Waals surface area contributed by atoms with Gasteiger partial charge in [0, 0.05) is 6.54 Å². The highest BCUT2D eigenvalue weighted by Gasteiger charge is 2.31. The van der Waals surface area contributed by atoms with E-state index in [0.717, 1.165) is 36.8 Å². The van der Waals surface area contributed by atoms with Crippen molar-refractivity contribution in [3.8, 4) is 5.75 Å². The van der Waals surface area contributed by atoms with Crippen LogP contribution in [-0.4, -0.2) is 39.8 Å². The average molecular weight is 433 g/mol. The van der Waals surface area contributed by atoms with Crippen molar-refractivity contribution in [2.75, 3.05) is 23.7 Å². The first-order valence-corrected chi connectivity index (χ1v) is 12.3. The Morgan fingerprint density at radius 1 is 1.07 bits per heavy atom. The molecule has 0 aliphatic heterocycles. The van der Waals surface area contributed by atoms with Crippen molar-refractivity contribution in [2.45, 2.75) is 45.6 Å². The predicted molar refractivity (Wildman–Crippen MR) is 121 cm³/mol. The van der Waals surface area contributed by atoms with Gasteiger partial charge >= 0.3 is 0 Å². The Bertz CT molecular complexity index is 900. The lowest BCUT2D eigenvalue weighted by Gasteiger charge is -2.30. The van der Waals surface area contributed by atoms with Crippen molar-refractivity contribution < 1.29 is 17.9 Å². The highest BCUT2D eigenvalue weighted by atomic mass is 32.2. The number of sulfonamides is 1. The summed E-state index contributed by atoms with van der Waals surface area (Å²) in [5.41, 5.74) is 1.60. The Kier molecular flexibility index (Phi) is 9.17. The summed E-state index contributed by atoms with van der Waals surface area (Å²) in [6, 6.07) is 15.9. The monoisotopic (exact) mass is 432 g/mol. The van der Waals surface area contributed by atoms with Crippen LogP contribution in [0.4, 0.5) is 5.69 Å². The molecule has 1 amide bonds. The van der Waals surface area contributed by atoms with E-state index in [1.807, 2.05) is 37.3 Å². The molecule has 164 valence electrons. The first kappa shape index (κ1) is 23.7. The molecule has 0 radical (unpaired) electrons. The molecule has 0 saturated carbocycles. The van der Waals surface area contributed by atoms with Gasteiger partial charge in [0.15, 0.2) is 0 Å². The molecule has 0 aliphatic rings. The van der Waals surface area contributed by atoms with E-state index in [4.69, 9.17) is 4.74 Å². The standard InChI is InChI=1S/C23H32N2O4S/c1-4-18-29-22-16-10-9-12-19(22)13-11-17-24-23(26)21(5-2)25(30(3,27)28)20-14-7-6-8-15-20/h6-10,12,14-16,21H,4-5,11,13,17-18H2,1-3H3,(H,24,26)/t21-/m0/s1. The van der Waals surface area contributed by atoms with E-state index in [2.05, 4.69) is 12.2 Å². The molecular weight excluding hydrogens is 400 g/mol. The third kappa shape index (κ3) is 6.76. The minimum atomic E-state index is -3.61. The molecule has 0 aliphatic carbocycles. The first-order valence-electron chi connectivity index (χ1n) is 10.4. The zero-order chi connectivity index (χ0) is 22.0. The highest BCUT2D eigenvalue weighted by Crippen LogP contribution is 2.22. The number of hydrogen-bond donors (Lipinski definition) is 1. The summed E-state index contributed by atoms with van der Waals surface area (Å²) in [6.45, 7) is 5.01. The molecule has 7 heteroatoms. The Morgan fingerprint density at radius 3 is 2.37 bits per heavy atom. The number of nitrogens with zero attached hydrogens (tertiary/aromatic N) is 1. The number of hydrogen-bond acceptors (Lipinski definition) is 4. The summed E-state index contributed by atoms with van der Waals surface area (Å²) in [5, 5.41) is 2.90. The van der Waals surface area contributed by atoms with E-state index in [1.54, 1.807) is 24.3 Å². The van der Waals surface area contributed by atoms with E-state index in [1.165, 1.54) is 4.31 Å². The molecule has 2 aromatic carbocycles. The maximum absolute atomic E-state index is 12.8. The molecule has 30 heavy (non-hydrogen) atoms. The van der Waals surface area contributed by atoms with Gasteiger partial charge in [-0.2, -0.15) is 0 Å². The molecule has 0 unspecified atom stereocenters. The van der Waals surface area contributed by atoms with Crippen molar-refractivity contribution in [1.29, 1.82) is 0 Å². The van der Waals surface area contributed by atoms with Gasteiger partial charge in [-0.25, -0.2) is 8.42 Å². The SMILES string of the molecule is CCCOc1ccccc1CCCNC(=O)[C@H](CC)N(c1ccccc1)S(C)(=O)=O. The Labute approximate surface area is 180 Å². The van der Waals surface area contributed by atoms with Gasteiger partial charge < -0.3 is 10.1 Å². The minimum Gasteiger partial charge on any atom is -0.493 e. The van der Waals surface area contributed by atoms with Crippen LogP contribution in [0.5, 0.6) is 5.75 Å². The molecule has 1 atom stereocenters. The smallest absolute Gasteiger partial charge is 0.243 e. The minimum absolute atomic E-state index is 0.290. The number of carbonyl (C=O) groups excluding carboxylic acids is 1. The highest BCUT2D eigenvalue weighted by molar-refractivity contribution is 7.92. The molecule has 1 N–H and O–H groups in total. The molecule has 0 heterocycles. The fraction of sp³-hybridized carbons (Fsp3) is 0.435. The number of aryl methyl sites for hydroxylation is 1. The molecule has 0 bridgehead atoms. The van der Waals surface area contributed by atoms with Gasteiger partial charge in [-0.05, 0) is 49.4 Å². The van der Waals surface area contributed by atoms with E-state index in [9.17, 15) is 13.2 Å².